The van der Waals surface area contributed by atoms with Gasteiger partial charge < -0.3 is 15.8 Å². The van der Waals surface area contributed by atoms with Crippen LogP contribution >= 0.6 is 0 Å². The van der Waals surface area contributed by atoms with E-state index < -0.39 is 0 Å². The summed E-state index contributed by atoms with van der Waals surface area (Å²) < 4.78 is 5.13. The number of carbonyl (C=O) groups excluding carboxylic acids is 1. The number of benzene rings is 1. The summed E-state index contributed by atoms with van der Waals surface area (Å²) in [5.41, 5.74) is 7.01. The lowest BCUT2D eigenvalue weighted by Crippen LogP contribution is -2.42. The van der Waals surface area contributed by atoms with Crippen LogP contribution in [-0.4, -0.2) is 18.6 Å². The highest BCUT2D eigenvalue weighted by molar-refractivity contribution is 5.77. The van der Waals surface area contributed by atoms with Gasteiger partial charge in [0.05, 0.1) is 13.2 Å². The number of nitrogens with two attached hydrogens (primary N) is 1. The third-order valence-corrected chi connectivity index (χ3v) is 4.11. The molecule has 0 unspecified atom stereocenters. The maximum atomic E-state index is 12.1. The average Bonchev–Trinajstić information content (AvgIpc) is 2.84. The Morgan fingerprint density at radius 2 is 1.95 bits per heavy atom. The Bertz CT molecular complexity index is 450. The summed E-state index contributed by atoms with van der Waals surface area (Å²) in [5, 5.41) is 3.03. The van der Waals surface area contributed by atoms with E-state index >= 15 is 0 Å². The molecule has 1 aromatic carbocycles. The van der Waals surface area contributed by atoms with Crippen molar-refractivity contribution in [2.75, 3.05) is 7.11 Å². The fourth-order valence-corrected chi connectivity index (χ4v) is 2.84. The van der Waals surface area contributed by atoms with Gasteiger partial charge in [-0.1, -0.05) is 25.0 Å². The van der Waals surface area contributed by atoms with Crippen molar-refractivity contribution in [2.45, 2.75) is 50.6 Å². The molecule has 0 heterocycles. The van der Waals surface area contributed by atoms with E-state index in [1.807, 2.05) is 31.2 Å². The molecular formula is C16H24N2O2. The Morgan fingerprint density at radius 3 is 2.50 bits per heavy atom. The number of amides is 1. The normalized spacial score (nSPS) is 18.6. The van der Waals surface area contributed by atoms with Gasteiger partial charge in [-0.2, -0.15) is 0 Å². The smallest absolute Gasteiger partial charge is 0.222 e. The van der Waals surface area contributed by atoms with Crippen molar-refractivity contribution in [3.63, 3.8) is 0 Å². The van der Waals surface area contributed by atoms with Gasteiger partial charge in [0.1, 0.15) is 5.75 Å². The van der Waals surface area contributed by atoms with E-state index in [2.05, 4.69) is 5.32 Å². The molecule has 2 rings (SSSR count). The molecule has 0 spiro atoms. The SMILES string of the molecule is COc1ccc([C@H](C)NC(=O)CC2(N)CCCC2)cc1. The van der Waals surface area contributed by atoms with E-state index in [0.717, 1.165) is 37.0 Å². The van der Waals surface area contributed by atoms with E-state index in [0.29, 0.717) is 6.42 Å². The largest absolute Gasteiger partial charge is 0.497 e. The Balaban J connectivity index is 1.89. The van der Waals surface area contributed by atoms with E-state index in [1.165, 1.54) is 0 Å². The topological polar surface area (TPSA) is 64.3 Å². The van der Waals surface area contributed by atoms with Gasteiger partial charge in [0.2, 0.25) is 5.91 Å². The minimum Gasteiger partial charge on any atom is -0.497 e. The van der Waals surface area contributed by atoms with Gasteiger partial charge in [0.25, 0.3) is 0 Å². The zero-order chi connectivity index (χ0) is 14.6. The van der Waals surface area contributed by atoms with E-state index in [9.17, 15) is 4.79 Å². The monoisotopic (exact) mass is 276 g/mol. The lowest BCUT2D eigenvalue weighted by atomic mass is 9.94. The van der Waals surface area contributed by atoms with Gasteiger partial charge in [0.15, 0.2) is 0 Å². The Labute approximate surface area is 120 Å². The number of rotatable bonds is 5. The molecule has 20 heavy (non-hydrogen) atoms. The van der Waals surface area contributed by atoms with Crippen LogP contribution in [-0.2, 0) is 4.79 Å². The van der Waals surface area contributed by atoms with Crippen LogP contribution in [0.1, 0.15) is 50.6 Å². The van der Waals surface area contributed by atoms with E-state index in [-0.39, 0.29) is 17.5 Å². The number of methoxy groups -OCH3 is 1. The molecule has 0 bridgehead atoms. The van der Waals surface area contributed by atoms with Gasteiger partial charge in [-0.3, -0.25) is 4.79 Å². The Morgan fingerprint density at radius 1 is 1.35 bits per heavy atom. The first-order valence-corrected chi connectivity index (χ1v) is 7.25. The second kappa shape index (κ2) is 6.27. The van der Waals surface area contributed by atoms with Crippen molar-refractivity contribution in [1.29, 1.82) is 0 Å². The van der Waals surface area contributed by atoms with Gasteiger partial charge in [-0.25, -0.2) is 0 Å². The molecule has 1 amide bonds. The van der Waals surface area contributed by atoms with Gasteiger partial charge >= 0.3 is 0 Å². The molecule has 1 saturated carbocycles. The highest BCUT2D eigenvalue weighted by atomic mass is 16.5. The van der Waals surface area contributed by atoms with Gasteiger partial charge in [0, 0.05) is 12.0 Å². The Kier molecular flexibility index (Phi) is 4.65. The number of carbonyl (C=O) groups is 1. The van der Waals surface area contributed by atoms with Crippen LogP contribution in [0.25, 0.3) is 0 Å². The first kappa shape index (κ1) is 14.9. The molecule has 1 fully saturated rings. The van der Waals surface area contributed by atoms with E-state index in [4.69, 9.17) is 10.5 Å². The molecule has 0 saturated heterocycles. The number of ether oxygens (including phenoxy) is 1. The molecule has 0 aromatic heterocycles. The molecule has 1 aliphatic carbocycles. The van der Waals surface area contributed by atoms with Crippen LogP contribution in [0.4, 0.5) is 0 Å². The molecular weight excluding hydrogens is 252 g/mol. The number of hydrogen-bond donors (Lipinski definition) is 2. The summed E-state index contributed by atoms with van der Waals surface area (Å²) in [7, 11) is 1.64. The molecule has 1 aliphatic rings. The van der Waals surface area contributed by atoms with Crippen molar-refractivity contribution >= 4 is 5.91 Å². The van der Waals surface area contributed by atoms with Crippen molar-refractivity contribution in [1.82, 2.24) is 5.32 Å². The van der Waals surface area contributed by atoms with Gasteiger partial charge in [-0.05, 0) is 37.5 Å². The van der Waals surface area contributed by atoms with Crippen LogP contribution in [0.15, 0.2) is 24.3 Å². The third-order valence-electron chi connectivity index (χ3n) is 4.11. The fraction of sp³-hybridized carbons (Fsp3) is 0.562. The molecule has 4 heteroatoms. The van der Waals surface area contributed by atoms with Crippen LogP contribution in [0.3, 0.4) is 0 Å². The van der Waals surface area contributed by atoms with Crippen LogP contribution in [0.2, 0.25) is 0 Å². The second-order valence-electron chi connectivity index (χ2n) is 5.81. The lowest BCUT2D eigenvalue weighted by molar-refractivity contribution is -0.122. The number of nitrogens with one attached hydrogen (secondary N) is 1. The molecule has 1 atom stereocenters. The van der Waals surface area contributed by atoms with Crippen molar-refractivity contribution in [3.05, 3.63) is 29.8 Å². The summed E-state index contributed by atoms with van der Waals surface area (Å²) in [5.74, 6) is 0.858. The predicted octanol–water partition coefficient (Wildman–Crippen LogP) is 2.53. The standard InChI is InChI=1S/C16H24N2O2/c1-12(13-5-7-14(20-2)8-6-13)18-15(19)11-16(17)9-3-4-10-16/h5-8,12H,3-4,9-11,17H2,1-2H3,(H,18,19)/t12-/m0/s1. The van der Waals surface area contributed by atoms with Crippen molar-refractivity contribution < 1.29 is 9.53 Å². The van der Waals surface area contributed by atoms with Crippen LogP contribution < -0.4 is 15.8 Å². The summed E-state index contributed by atoms with van der Waals surface area (Å²) in [6, 6.07) is 7.73. The summed E-state index contributed by atoms with van der Waals surface area (Å²) >= 11 is 0. The van der Waals surface area contributed by atoms with Gasteiger partial charge in [-0.15, -0.1) is 0 Å². The number of hydrogen-bond acceptors (Lipinski definition) is 3. The Hall–Kier alpha value is -1.55. The third kappa shape index (κ3) is 3.73. The fourth-order valence-electron chi connectivity index (χ4n) is 2.84. The zero-order valence-corrected chi connectivity index (χ0v) is 12.3. The van der Waals surface area contributed by atoms with E-state index in [1.54, 1.807) is 7.11 Å². The minimum absolute atomic E-state index is 0.0154. The predicted molar refractivity (Wildman–Crippen MR) is 79.6 cm³/mol. The quantitative estimate of drug-likeness (QED) is 0.868. The molecule has 3 N–H and O–H groups in total. The summed E-state index contributed by atoms with van der Waals surface area (Å²) in [4.78, 5) is 12.1. The summed E-state index contributed by atoms with van der Waals surface area (Å²) in [6.07, 6.45) is 4.61. The van der Waals surface area contributed by atoms with Crippen LogP contribution in [0, 0.1) is 0 Å². The molecule has 1 aromatic rings. The molecule has 0 radical (unpaired) electrons. The highest BCUT2D eigenvalue weighted by Crippen LogP contribution is 2.30. The van der Waals surface area contributed by atoms with Crippen LogP contribution in [0.5, 0.6) is 5.75 Å². The second-order valence-corrected chi connectivity index (χ2v) is 5.81. The highest BCUT2D eigenvalue weighted by Gasteiger charge is 2.31. The van der Waals surface area contributed by atoms with Crippen molar-refractivity contribution in [2.24, 2.45) is 5.73 Å². The lowest BCUT2D eigenvalue weighted by Gasteiger charge is -2.24. The maximum absolute atomic E-state index is 12.1. The molecule has 4 nitrogen and oxygen atoms in total. The zero-order valence-electron chi connectivity index (χ0n) is 12.3. The average molecular weight is 276 g/mol. The first-order valence-electron chi connectivity index (χ1n) is 7.25. The molecule has 110 valence electrons. The summed E-state index contributed by atoms with van der Waals surface area (Å²) in [6.45, 7) is 1.98. The molecule has 0 aliphatic heterocycles. The first-order chi connectivity index (χ1) is 9.52. The maximum Gasteiger partial charge on any atom is 0.222 e. The van der Waals surface area contributed by atoms with Crippen molar-refractivity contribution in [3.8, 4) is 5.75 Å². The minimum atomic E-state index is -0.288.